The lowest BCUT2D eigenvalue weighted by Gasteiger charge is -2.08. The average Bonchev–Trinajstić information content (AvgIpc) is 2.56. The van der Waals surface area contributed by atoms with E-state index in [4.69, 9.17) is 0 Å². The van der Waals surface area contributed by atoms with Crippen molar-refractivity contribution < 1.29 is 14.0 Å². The summed E-state index contributed by atoms with van der Waals surface area (Å²) >= 11 is 0. The number of nitrogens with one attached hydrogen (secondary N) is 2. The fourth-order valence-corrected chi connectivity index (χ4v) is 2.12. The Balaban J connectivity index is 1.71. The van der Waals surface area contributed by atoms with E-state index in [0.29, 0.717) is 24.1 Å². The molecule has 2 N–H and O–H groups in total. The second-order valence-corrected chi connectivity index (χ2v) is 5.23. The summed E-state index contributed by atoms with van der Waals surface area (Å²) in [5.41, 5.74) is 2.06. The van der Waals surface area contributed by atoms with Gasteiger partial charge in [-0.15, -0.1) is 0 Å². The first kappa shape index (κ1) is 16.7. The van der Waals surface area contributed by atoms with Gasteiger partial charge in [-0.1, -0.05) is 30.3 Å². The Hall–Kier alpha value is -2.69. The van der Waals surface area contributed by atoms with Crippen molar-refractivity contribution in [1.29, 1.82) is 0 Å². The number of carbonyl (C=O) groups is 2. The largest absolute Gasteiger partial charge is 0.354 e. The van der Waals surface area contributed by atoms with Crippen LogP contribution in [0.15, 0.2) is 48.5 Å². The average molecular weight is 314 g/mol. The van der Waals surface area contributed by atoms with E-state index in [1.807, 2.05) is 6.07 Å². The van der Waals surface area contributed by atoms with Crippen LogP contribution in [0.2, 0.25) is 0 Å². The highest BCUT2D eigenvalue weighted by atomic mass is 19.1. The van der Waals surface area contributed by atoms with Crippen molar-refractivity contribution in [1.82, 2.24) is 10.6 Å². The molecule has 2 aromatic carbocycles. The van der Waals surface area contributed by atoms with Gasteiger partial charge >= 0.3 is 0 Å². The minimum atomic E-state index is -0.282. The van der Waals surface area contributed by atoms with E-state index in [1.165, 1.54) is 6.07 Å². The van der Waals surface area contributed by atoms with Crippen LogP contribution in [0.1, 0.15) is 21.5 Å². The first-order valence-electron chi connectivity index (χ1n) is 7.41. The number of halogens is 1. The molecule has 0 spiro atoms. The topological polar surface area (TPSA) is 58.2 Å². The maximum Gasteiger partial charge on any atom is 0.251 e. The maximum atomic E-state index is 13.2. The Morgan fingerprint density at radius 2 is 1.78 bits per heavy atom. The maximum absolute atomic E-state index is 13.2. The summed E-state index contributed by atoms with van der Waals surface area (Å²) in [6.07, 6.45) is 0.611. The molecule has 4 nitrogen and oxygen atoms in total. The highest BCUT2D eigenvalue weighted by molar-refractivity contribution is 5.96. The van der Waals surface area contributed by atoms with Crippen LogP contribution in [-0.4, -0.2) is 24.9 Å². The van der Waals surface area contributed by atoms with Crippen LogP contribution in [0.4, 0.5) is 4.39 Å². The van der Waals surface area contributed by atoms with Gasteiger partial charge in [-0.3, -0.25) is 9.59 Å². The van der Waals surface area contributed by atoms with Crippen molar-refractivity contribution in [3.63, 3.8) is 0 Å². The van der Waals surface area contributed by atoms with Gasteiger partial charge in [-0.05, 0) is 42.7 Å². The minimum absolute atomic E-state index is 0.0732. The lowest BCUT2D eigenvalue weighted by molar-refractivity contribution is -0.120. The second kappa shape index (κ2) is 8.08. The Kier molecular flexibility index (Phi) is 5.86. The highest BCUT2D eigenvalue weighted by Crippen LogP contribution is 2.09. The fourth-order valence-electron chi connectivity index (χ4n) is 2.12. The van der Waals surface area contributed by atoms with Crippen molar-refractivity contribution in [2.75, 3.05) is 13.1 Å². The Bertz CT molecular complexity index is 687. The van der Waals surface area contributed by atoms with Crippen LogP contribution in [0.5, 0.6) is 0 Å². The molecule has 0 atom stereocenters. The third kappa shape index (κ3) is 5.21. The van der Waals surface area contributed by atoms with E-state index in [0.717, 1.165) is 5.56 Å². The normalized spacial score (nSPS) is 10.2. The van der Waals surface area contributed by atoms with Crippen LogP contribution in [0, 0.1) is 12.7 Å². The molecule has 0 saturated heterocycles. The number of aryl methyl sites for hydroxylation is 1. The highest BCUT2D eigenvalue weighted by Gasteiger charge is 2.07. The molecule has 0 aliphatic carbocycles. The van der Waals surface area contributed by atoms with Gasteiger partial charge in [-0.2, -0.15) is 0 Å². The van der Waals surface area contributed by atoms with E-state index in [9.17, 15) is 14.0 Å². The van der Waals surface area contributed by atoms with Gasteiger partial charge in [-0.25, -0.2) is 4.39 Å². The predicted octanol–water partition coefficient (Wildman–Crippen LogP) is 2.22. The van der Waals surface area contributed by atoms with Gasteiger partial charge in [0.1, 0.15) is 5.82 Å². The van der Waals surface area contributed by atoms with Gasteiger partial charge in [0.25, 0.3) is 5.91 Å². The second-order valence-electron chi connectivity index (χ2n) is 5.23. The first-order chi connectivity index (χ1) is 11.1. The summed E-state index contributed by atoms with van der Waals surface area (Å²) in [6.45, 7) is 2.07. The molecule has 0 aliphatic rings. The summed E-state index contributed by atoms with van der Waals surface area (Å²) < 4.78 is 13.2. The Morgan fingerprint density at radius 3 is 2.48 bits per heavy atom. The van der Waals surface area contributed by atoms with Gasteiger partial charge in [0.15, 0.2) is 0 Å². The summed E-state index contributed by atoms with van der Waals surface area (Å²) in [7, 11) is 0. The zero-order chi connectivity index (χ0) is 16.7. The molecule has 0 aromatic heterocycles. The predicted molar refractivity (Wildman–Crippen MR) is 86.6 cm³/mol. The molecule has 2 aromatic rings. The quantitative estimate of drug-likeness (QED) is 0.859. The summed E-state index contributed by atoms with van der Waals surface area (Å²) in [5.74, 6) is -0.774. The Labute approximate surface area is 134 Å². The summed E-state index contributed by atoms with van der Waals surface area (Å²) in [4.78, 5) is 23.5. The summed E-state index contributed by atoms with van der Waals surface area (Å²) in [5, 5.41) is 5.29. The Morgan fingerprint density at radius 1 is 1.04 bits per heavy atom. The monoisotopic (exact) mass is 314 g/mol. The third-order valence-corrected chi connectivity index (χ3v) is 3.40. The number of rotatable bonds is 6. The molecule has 23 heavy (non-hydrogen) atoms. The van der Waals surface area contributed by atoms with Gasteiger partial charge in [0.2, 0.25) is 5.91 Å². The first-order valence-corrected chi connectivity index (χ1v) is 7.41. The molecule has 120 valence electrons. The SMILES string of the molecule is Cc1cc(CCNC(=O)CNC(=O)c2ccccc2)ccc1F. The number of benzene rings is 2. The molecule has 0 fully saturated rings. The van der Waals surface area contributed by atoms with Crippen LogP contribution in [0.25, 0.3) is 0 Å². The van der Waals surface area contributed by atoms with Crippen LogP contribution in [0.3, 0.4) is 0 Å². The molecular weight excluding hydrogens is 295 g/mol. The van der Waals surface area contributed by atoms with E-state index in [-0.39, 0.29) is 24.2 Å². The van der Waals surface area contributed by atoms with E-state index >= 15 is 0 Å². The molecule has 0 radical (unpaired) electrons. The van der Waals surface area contributed by atoms with Crippen molar-refractivity contribution in [2.24, 2.45) is 0 Å². The standard InChI is InChI=1S/C18H19FN2O2/c1-13-11-14(7-8-16(13)19)9-10-20-17(22)12-21-18(23)15-5-3-2-4-6-15/h2-8,11H,9-10,12H2,1H3,(H,20,22)(H,21,23). The molecule has 0 saturated carbocycles. The van der Waals surface area contributed by atoms with Crippen molar-refractivity contribution in [3.05, 3.63) is 71.0 Å². The lowest BCUT2D eigenvalue weighted by atomic mass is 10.1. The molecule has 0 aliphatic heterocycles. The minimum Gasteiger partial charge on any atom is -0.354 e. The van der Waals surface area contributed by atoms with Crippen molar-refractivity contribution >= 4 is 11.8 Å². The number of hydrogen-bond acceptors (Lipinski definition) is 2. The molecular formula is C18H19FN2O2. The number of amides is 2. The zero-order valence-electron chi connectivity index (χ0n) is 12.9. The van der Waals surface area contributed by atoms with E-state index in [1.54, 1.807) is 43.3 Å². The van der Waals surface area contributed by atoms with Crippen molar-refractivity contribution in [3.8, 4) is 0 Å². The van der Waals surface area contributed by atoms with Gasteiger partial charge in [0.05, 0.1) is 6.54 Å². The molecule has 0 bridgehead atoms. The number of hydrogen-bond donors (Lipinski definition) is 2. The van der Waals surface area contributed by atoms with Crippen LogP contribution >= 0.6 is 0 Å². The third-order valence-electron chi connectivity index (χ3n) is 3.40. The van der Waals surface area contributed by atoms with E-state index in [2.05, 4.69) is 10.6 Å². The summed E-state index contributed by atoms with van der Waals surface area (Å²) in [6, 6.07) is 13.6. The molecule has 2 amide bonds. The molecule has 0 heterocycles. The fraction of sp³-hybridized carbons (Fsp3) is 0.222. The van der Waals surface area contributed by atoms with Crippen LogP contribution < -0.4 is 10.6 Å². The van der Waals surface area contributed by atoms with Crippen LogP contribution in [-0.2, 0) is 11.2 Å². The van der Waals surface area contributed by atoms with Gasteiger partial charge in [0, 0.05) is 12.1 Å². The molecule has 2 rings (SSSR count). The number of carbonyl (C=O) groups excluding carboxylic acids is 2. The van der Waals surface area contributed by atoms with E-state index < -0.39 is 0 Å². The van der Waals surface area contributed by atoms with Crippen molar-refractivity contribution in [2.45, 2.75) is 13.3 Å². The van der Waals surface area contributed by atoms with Gasteiger partial charge < -0.3 is 10.6 Å². The zero-order valence-corrected chi connectivity index (χ0v) is 12.9. The lowest BCUT2D eigenvalue weighted by Crippen LogP contribution is -2.37. The molecule has 0 unspecified atom stereocenters. The smallest absolute Gasteiger partial charge is 0.251 e. The molecule has 5 heteroatoms.